The summed E-state index contributed by atoms with van der Waals surface area (Å²) >= 11 is 6.45. The first-order valence-corrected chi connectivity index (χ1v) is 11.4. The summed E-state index contributed by atoms with van der Waals surface area (Å²) in [5.41, 5.74) is 3.12. The largest absolute Gasteiger partial charge is 0.369 e. The standard InChI is InChI=1S/C23H25ClN8O/c1-13(30-23-20-22(27-11-26-20)28-12-29-23)17-8-16-4-3-5-18(24)19(16)31-21(17)25-9-15-6-7-32(10-15)14(2)33/h3-5,8,11-13,15H,6-7,9-10H2,1-2H3,(H,25,31)(H2,26,27,28,29,30)/t13-,15-/m0/s1. The molecule has 3 aromatic heterocycles. The monoisotopic (exact) mass is 464 g/mol. The summed E-state index contributed by atoms with van der Waals surface area (Å²) in [6.07, 6.45) is 4.08. The maximum atomic E-state index is 11.7. The van der Waals surface area contributed by atoms with Gasteiger partial charge in [0, 0.05) is 37.5 Å². The highest BCUT2D eigenvalue weighted by atomic mass is 35.5. The number of likely N-dealkylation sites (tertiary alicyclic amines) is 1. The number of halogens is 1. The van der Waals surface area contributed by atoms with Gasteiger partial charge in [0.05, 0.1) is 22.9 Å². The molecule has 0 saturated carbocycles. The number of hydrogen-bond donors (Lipinski definition) is 3. The molecule has 3 N–H and O–H groups in total. The van der Waals surface area contributed by atoms with E-state index in [-0.39, 0.29) is 11.9 Å². The molecule has 1 aromatic carbocycles. The van der Waals surface area contributed by atoms with Crippen molar-refractivity contribution in [3.05, 3.63) is 47.5 Å². The van der Waals surface area contributed by atoms with Gasteiger partial charge in [0.2, 0.25) is 5.91 Å². The van der Waals surface area contributed by atoms with E-state index in [2.05, 4.69) is 43.6 Å². The lowest BCUT2D eigenvalue weighted by molar-refractivity contribution is -0.127. The van der Waals surface area contributed by atoms with Gasteiger partial charge in [-0.3, -0.25) is 4.79 Å². The van der Waals surface area contributed by atoms with Crippen molar-refractivity contribution in [1.82, 2.24) is 29.8 Å². The van der Waals surface area contributed by atoms with Crippen LogP contribution in [-0.2, 0) is 4.79 Å². The third-order valence-corrected chi connectivity index (χ3v) is 6.46. The summed E-state index contributed by atoms with van der Waals surface area (Å²) in [5, 5.41) is 8.58. The van der Waals surface area contributed by atoms with Crippen molar-refractivity contribution in [1.29, 1.82) is 0 Å². The van der Waals surface area contributed by atoms with E-state index in [0.717, 1.165) is 53.9 Å². The Kier molecular flexibility index (Phi) is 5.72. The van der Waals surface area contributed by atoms with Gasteiger partial charge in [-0.2, -0.15) is 0 Å². The maximum Gasteiger partial charge on any atom is 0.219 e. The number of anilines is 2. The normalized spacial score (nSPS) is 16.9. The third-order valence-electron chi connectivity index (χ3n) is 6.16. The number of pyridine rings is 1. The molecule has 170 valence electrons. The van der Waals surface area contributed by atoms with Crippen LogP contribution in [0, 0.1) is 5.92 Å². The van der Waals surface area contributed by atoms with Gasteiger partial charge in [0.1, 0.15) is 17.7 Å². The Morgan fingerprint density at radius 1 is 1.30 bits per heavy atom. The van der Waals surface area contributed by atoms with Gasteiger partial charge in [-0.1, -0.05) is 23.7 Å². The average Bonchev–Trinajstić information content (AvgIpc) is 3.48. The van der Waals surface area contributed by atoms with Crippen LogP contribution in [0.2, 0.25) is 5.02 Å². The first kappa shape index (κ1) is 21.4. The van der Waals surface area contributed by atoms with Crippen molar-refractivity contribution in [2.45, 2.75) is 26.3 Å². The molecule has 1 aliphatic heterocycles. The second kappa shape index (κ2) is 8.82. The summed E-state index contributed by atoms with van der Waals surface area (Å²) in [4.78, 5) is 34.3. The number of H-pyrrole nitrogens is 1. The first-order valence-electron chi connectivity index (χ1n) is 11.0. The summed E-state index contributed by atoms with van der Waals surface area (Å²) in [6, 6.07) is 7.78. The number of nitrogens with one attached hydrogen (secondary N) is 3. The lowest BCUT2D eigenvalue weighted by Gasteiger charge is -2.21. The molecule has 4 heterocycles. The zero-order valence-corrected chi connectivity index (χ0v) is 19.2. The molecule has 1 fully saturated rings. The van der Waals surface area contributed by atoms with Crippen molar-refractivity contribution >= 4 is 51.2 Å². The number of nitrogens with zero attached hydrogens (tertiary/aromatic N) is 5. The number of para-hydroxylation sites is 1. The summed E-state index contributed by atoms with van der Waals surface area (Å²) in [5.74, 6) is 1.95. The second-order valence-electron chi connectivity index (χ2n) is 8.43. The topological polar surface area (TPSA) is 112 Å². The number of benzene rings is 1. The van der Waals surface area contributed by atoms with E-state index in [1.165, 1.54) is 6.33 Å². The van der Waals surface area contributed by atoms with Crippen LogP contribution in [0.15, 0.2) is 36.9 Å². The Bertz CT molecular complexity index is 1320. The van der Waals surface area contributed by atoms with Crippen LogP contribution in [0.5, 0.6) is 0 Å². The minimum atomic E-state index is -0.109. The Hall–Kier alpha value is -3.46. The van der Waals surface area contributed by atoms with Gasteiger partial charge < -0.3 is 20.5 Å². The van der Waals surface area contributed by atoms with E-state index in [4.69, 9.17) is 16.6 Å². The highest BCUT2D eigenvalue weighted by molar-refractivity contribution is 6.35. The van der Waals surface area contributed by atoms with Crippen LogP contribution in [-0.4, -0.2) is 55.4 Å². The number of aromatic amines is 1. The van der Waals surface area contributed by atoms with Gasteiger partial charge in [0.15, 0.2) is 11.5 Å². The highest BCUT2D eigenvalue weighted by Gasteiger charge is 2.25. The molecular formula is C23H25ClN8O. The average molecular weight is 465 g/mol. The number of aromatic nitrogens is 5. The fraction of sp³-hybridized carbons (Fsp3) is 0.348. The van der Waals surface area contributed by atoms with Crippen molar-refractivity contribution in [2.75, 3.05) is 30.3 Å². The maximum absolute atomic E-state index is 11.7. The third kappa shape index (κ3) is 4.28. The predicted molar refractivity (Wildman–Crippen MR) is 129 cm³/mol. The lowest BCUT2D eigenvalue weighted by Crippen LogP contribution is -2.27. The van der Waals surface area contributed by atoms with Crippen LogP contribution < -0.4 is 10.6 Å². The minimum Gasteiger partial charge on any atom is -0.369 e. The van der Waals surface area contributed by atoms with Crippen molar-refractivity contribution in [3.8, 4) is 0 Å². The molecule has 0 radical (unpaired) electrons. The van der Waals surface area contributed by atoms with Crippen LogP contribution in [0.25, 0.3) is 22.1 Å². The molecule has 1 amide bonds. The van der Waals surface area contributed by atoms with Crippen molar-refractivity contribution < 1.29 is 4.79 Å². The van der Waals surface area contributed by atoms with Crippen LogP contribution >= 0.6 is 11.6 Å². The number of hydrogen-bond acceptors (Lipinski definition) is 7. The van der Waals surface area contributed by atoms with Crippen molar-refractivity contribution in [3.63, 3.8) is 0 Å². The molecule has 0 unspecified atom stereocenters. The molecule has 5 rings (SSSR count). The van der Waals surface area contributed by atoms with Crippen LogP contribution in [0.3, 0.4) is 0 Å². The lowest BCUT2D eigenvalue weighted by atomic mass is 10.0. The van der Waals surface area contributed by atoms with E-state index in [0.29, 0.717) is 22.4 Å². The van der Waals surface area contributed by atoms with Crippen LogP contribution in [0.4, 0.5) is 11.6 Å². The second-order valence-corrected chi connectivity index (χ2v) is 8.84. The number of amides is 1. The molecule has 2 atom stereocenters. The Labute approximate surface area is 196 Å². The quantitative estimate of drug-likeness (QED) is 0.395. The minimum absolute atomic E-state index is 0.109. The van der Waals surface area contributed by atoms with Gasteiger partial charge in [-0.15, -0.1) is 0 Å². The van der Waals surface area contributed by atoms with E-state index < -0.39 is 0 Å². The Morgan fingerprint density at radius 2 is 2.18 bits per heavy atom. The molecule has 1 aliphatic rings. The first-order chi connectivity index (χ1) is 16.0. The van der Waals surface area contributed by atoms with Gasteiger partial charge in [-0.05, 0) is 31.4 Å². The summed E-state index contributed by atoms with van der Waals surface area (Å²) in [7, 11) is 0. The molecule has 33 heavy (non-hydrogen) atoms. The highest BCUT2D eigenvalue weighted by Crippen LogP contribution is 2.32. The van der Waals surface area contributed by atoms with E-state index in [9.17, 15) is 4.79 Å². The Morgan fingerprint density at radius 3 is 3.00 bits per heavy atom. The molecule has 1 saturated heterocycles. The molecule has 0 aliphatic carbocycles. The number of carbonyl (C=O) groups excluding carboxylic acids is 1. The zero-order valence-electron chi connectivity index (χ0n) is 18.5. The summed E-state index contributed by atoms with van der Waals surface area (Å²) < 4.78 is 0. The van der Waals surface area contributed by atoms with Gasteiger partial charge >= 0.3 is 0 Å². The predicted octanol–water partition coefficient (Wildman–Crippen LogP) is 4.01. The summed E-state index contributed by atoms with van der Waals surface area (Å²) in [6.45, 7) is 5.98. The number of rotatable bonds is 6. The molecular weight excluding hydrogens is 440 g/mol. The smallest absolute Gasteiger partial charge is 0.219 e. The number of imidazole rings is 1. The van der Waals surface area contributed by atoms with Gasteiger partial charge in [-0.25, -0.2) is 19.9 Å². The molecule has 0 bridgehead atoms. The van der Waals surface area contributed by atoms with E-state index in [1.54, 1.807) is 13.3 Å². The fourth-order valence-electron chi connectivity index (χ4n) is 4.33. The SMILES string of the molecule is CC(=O)N1CC[C@@H](CNc2nc3c(Cl)cccc3cc2[C@H](C)Nc2ncnc3nc[nH]c23)C1. The fourth-order valence-corrected chi connectivity index (χ4v) is 4.56. The molecule has 4 aromatic rings. The molecule has 0 spiro atoms. The number of fused-ring (bicyclic) bond motifs is 2. The number of carbonyl (C=O) groups is 1. The van der Waals surface area contributed by atoms with E-state index >= 15 is 0 Å². The Balaban J connectivity index is 1.44. The van der Waals surface area contributed by atoms with Crippen LogP contribution in [0.1, 0.15) is 31.9 Å². The van der Waals surface area contributed by atoms with E-state index in [1.807, 2.05) is 23.1 Å². The zero-order chi connectivity index (χ0) is 22.9. The molecule has 9 nitrogen and oxygen atoms in total. The van der Waals surface area contributed by atoms with Gasteiger partial charge in [0.25, 0.3) is 0 Å². The van der Waals surface area contributed by atoms with Crippen molar-refractivity contribution in [2.24, 2.45) is 5.92 Å². The molecule has 10 heteroatoms.